The fourth-order valence-electron chi connectivity index (χ4n) is 1.89. The van der Waals surface area contributed by atoms with E-state index in [-0.39, 0.29) is 17.3 Å². The van der Waals surface area contributed by atoms with E-state index in [0.29, 0.717) is 12.5 Å². The Bertz CT molecular complexity index is 375. The van der Waals surface area contributed by atoms with Crippen molar-refractivity contribution in [3.8, 4) is 6.01 Å². The van der Waals surface area contributed by atoms with E-state index >= 15 is 0 Å². The van der Waals surface area contributed by atoms with Gasteiger partial charge >= 0.3 is 6.01 Å². The van der Waals surface area contributed by atoms with Gasteiger partial charge in [0.2, 0.25) is 11.2 Å². The Hall–Kier alpha value is -1.14. The van der Waals surface area contributed by atoms with Gasteiger partial charge < -0.3 is 15.4 Å². The largest absolute Gasteiger partial charge is 0.467 e. The van der Waals surface area contributed by atoms with Crippen molar-refractivity contribution in [1.29, 1.82) is 0 Å². The molecule has 0 saturated carbocycles. The summed E-state index contributed by atoms with van der Waals surface area (Å²) in [6, 6.07) is 0.515. The molecule has 0 aromatic carbocycles. The monoisotopic (exact) mass is 243 g/mol. The summed E-state index contributed by atoms with van der Waals surface area (Å²) in [5, 5.41) is 0.143. The van der Waals surface area contributed by atoms with E-state index in [2.05, 4.69) is 19.9 Å². The Morgan fingerprint density at radius 2 is 2.31 bits per heavy atom. The van der Waals surface area contributed by atoms with Crippen LogP contribution in [0.4, 0.5) is 5.95 Å². The number of hydrogen-bond acceptors (Lipinski definition) is 6. The molecule has 88 valence electrons. The highest BCUT2D eigenvalue weighted by atomic mass is 35.5. The number of aromatic nitrogens is 3. The maximum atomic E-state index is 5.80. The van der Waals surface area contributed by atoms with Crippen molar-refractivity contribution < 1.29 is 4.74 Å². The molecule has 1 fully saturated rings. The minimum Gasteiger partial charge on any atom is -0.467 e. The van der Waals surface area contributed by atoms with E-state index < -0.39 is 0 Å². The highest BCUT2D eigenvalue weighted by Gasteiger charge is 2.26. The summed E-state index contributed by atoms with van der Waals surface area (Å²) in [5.74, 6) is 0.546. The molecule has 0 spiro atoms. The van der Waals surface area contributed by atoms with Crippen LogP contribution in [0.25, 0.3) is 0 Å². The summed E-state index contributed by atoms with van der Waals surface area (Å²) in [5.41, 5.74) is 5.69. The van der Waals surface area contributed by atoms with E-state index in [1.807, 2.05) is 0 Å². The molecular formula is C9H14ClN5O. The van der Waals surface area contributed by atoms with Crippen LogP contribution in [0.5, 0.6) is 6.01 Å². The van der Waals surface area contributed by atoms with Crippen molar-refractivity contribution in [3.05, 3.63) is 5.28 Å². The molecule has 1 atom stereocenters. The standard InChI is InChI=1S/C9H14ClN5O/c1-16-9-13-7(10)12-8(14-9)15-4-2-3-6(15)5-11/h6H,2-5,11H2,1H3. The Morgan fingerprint density at radius 1 is 1.50 bits per heavy atom. The van der Waals surface area contributed by atoms with Crippen LogP contribution in [0.2, 0.25) is 5.28 Å². The van der Waals surface area contributed by atoms with Crippen molar-refractivity contribution in [2.45, 2.75) is 18.9 Å². The van der Waals surface area contributed by atoms with Crippen molar-refractivity contribution in [3.63, 3.8) is 0 Å². The third-order valence-corrected chi connectivity index (χ3v) is 2.83. The first-order chi connectivity index (χ1) is 7.74. The molecule has 1 aromatic rings. The van der Waals surface area contributed by atoms with Gasteiger partial charge in [-0.3, -0.25) is 0 Å². The first-order valence-corrected chi connectivity index (χ1v) is 5.54. The van der Waals surface area contributed by atoms with Crippen LogP contribution >= 0.6 is 11.6 Å². The summed E-state index contributed by atoms with van der Waals surface area (Å²) in [6.45, 7) is 1.48. The SMILES string of the molecule is COc1nc(Cl)nc(N2CCCC2CN)n1. The molecule has 0 aliphatic carbocycles. The van der Waals surface area contributed by atoms with Gasteiger partial charge in [-0.05, 0) is 24.4 Å². The number of hydrogen-bond donors (Lipinski definition) is 1. The van der Waals surface area contributed by atoms with E-state index in [1.165, 1.54) is 7.11 Å². The quantitative estimate of drug-likeness (QED) is 0.831. The summed E-state index contributed by atoms with van der Waals surface area (Å²) >= 11 is 5.80. The highest BCUT2D eigenvalue weighted by Crippen LogP contribution is 2.23. The normalized spacial score (nSPS) is 20.2. The topological polar surface area (TPSA) is 77.2 Å². The molecule has 1 aliphatic rings. The zero-order valence-corrected chi connectivity index (χ0v) is 9.81. The molecule has 2 N–H and O–H groups in total. The van der Waals surface area contributed by atoms with Gasteiger partial charge in [0.05, 0.1) is 7.11 Å². The highest BCUT2D eigenvalue weighted by molar-refractivity contribution is 6.28. The molecule has 0 bridgehead atoms. The Kier molecular flexibility index (Phi) is 3.40. The average molecular weight is 244 g/mol. The lowest BCUT2D eigenvalue weighted by molar-refractivity contribution is 0.377. The molecule has 16 heavy (non-hydrogen) atoms. The van der Waals surface area contributed by atoms with Gasteiger partial charge in [0.15, 0.2) is 0 Å². The van der Waals surface area contributed by atoms with Crippen LogP contribution in [0.1, 0.15) is 12.8 Å². The summed E-state index contributed by atoms with van der Waals surface area (Å²) in [7, 11) is 1.50. The van der Waals surface area contributed by atoms with Crippen molar-refractivity contribution in [1.82, 2.24) is 15.0 Å². The van der Waals surface area contributed by atoms with Crippen molar-refractivity contribution in [2.75, 3.05) is 25.1 Å². The van der Waals surface area contributed by atoms with Crippen LogP contribution in [0, 0.1) is 0 Å². The van der Waals surface area contributed by atoms with Crippen molar-refractivity contribution >= 4 is 17.5 Å². The molecule has 1 saturated heterocycles. The average Bonchev–Trinajstić information content (AvgIpc) is 2.76. The number of nitrogens with zero attached hydrogens (tertiary/aromatic N) is 4. The van der Waals surface area contributed by atoms with Crippen LogP contribution in [0.3, 0.4) is 0 Å². The van der Waals surface area contributed by atoms with Crippen LogP contribution < -0.4 is 15.4 Å². The summed E-state index contributed by atoms with van der Waals surface area (Å²) in [4.78, 5) is 14.2. The number of halogens is 1. The number of rotatable bonds is 3. The predicted octanol–water partition coefficient (Wildman–Crippen LogP) is 0.461. The lowest BCUT2D eigenvalue weighted by Crippen LogP contribution is -2.36. The minimum atomic E-state index is 0.143. The molecule has 1 unspecified atom stereocenters. The maximum Gasteiger partial charge on any atom is 0.322 e. The molecule has 0 amide bonds. The van der Waals surface area contributed by atoms with Gasteiger partial charge in [0.1, 0.15) is 0 Å². The predicted molar refractivity (Wildman–Crippen MR) is 60.8 cm³/mol. The van der Waals surface area contributed by atoms with E-state index in [4.69, 9.17) is 22.1 Å². The maximum absolute atomic E-state index is 5.80. The second kappa shape index (κ2) is 4.80. The Morgan fingerprint density at radius 3 is 3.00 bits per heavy atom. The van der Waals surface area contributed by atoms with Crippen LogP contribution in [-0.2, 0) is 0 Å². The molecule has 6 nitrogen and oxygen atoms in total. The molecule has 0 radical (unpaired) electrons. The molecule has 2 rings (SSSR count). The zero-order chi connectivity index (χ0) is 11.5. The lowest BCUT2D eigenvalue weighted by atomic mass is 10.2. The van der Waals surface area contributed by atoms with Crippen LogP contribution in [0.15, 0.2) is 0 Å². The van der Waals surface area contributed by atoms with Gasteiger partial charge in [-0.15, -0.1) is 0 Å². The molecule has 1 aromatic heterocycles. The second-order valence-electron chi connectivity index (χ2n) is 3.62. The zero-order valence-electron chi connectivity index (χ0n) is 9.06. The van der Waals surface area contributed by atoms with Gasteiger partial charge in [-0.1, -0.05) is 0 Å². The molecule has 1 aliphatic heterocycles. The summed E-state index contributed by atoms with van der Waals surface area (Å²) in [6.07, 6.45) is 2.15. The number of nitrogens with two attached hydrogens (primary N) is 1. The summed E-state index contributed by atoms with van der Waals surface area (Å²) < 4.78 is 4.96. The first kappa shape index (κ1) is 11.3. The Balaban J connectivity index is 2.28. The smallest absolute Gasteiger partial charge is 0.322 e. The molecule has 2 heterocycles. The number of anilines is 1. The third kappa shape index (κ3) is 2.17. The van der Waals surface area contributed by atoms with E-state index in [0.717, 1.165) is 19.4 Å². The van der Waals surface area contributed by atoms with E-state index in [9.17, 15) is 0 Å². The van der Waals surface area contributed by atoms with Gasteiger partial charge in [-0.2, -0.15) is 15.0 Å². The van der Waals surface area contributed by atoms with Gasteiger partial charge in [0, 0.05) is 19.1 Å². The first-order valence-electron chi connectivity index (χ1n) is 5.17. The third-order valence-electron chi connectivity index (χ3n) is 2.66. The fraction of sp³-hybridized carbons (Fsp3) is 0.667. The fourth-order valence-corrected chi connectivity index (χ4v) is 2.03. The molecule has 7 heteroatoms. The van der Waals surface area contributed by atoms with E-state index in [1.54, 1.807) is 0 Å². The second-order valence-corrected chi connectivity index (χ2v) is 3.95. The van der Waals surface area contributed by atoms with Crippen molar-refractivity contribution in [2.24, 2.45) is 5.73 Å². The van der Waals surface area contributed by atoms with Crippen LogP contribution in [-0.4, -0.2) is 41.2 Å². The lowest BCUT2D eigenvalue weighted by Gasteiger charge is -2.23. The number of methoxy groups -OCH3 is 1. The number of ether oxygens (including phenoxy) is 1. The Labute approximate surface area is 98.8 Å². The van der Waals surface area contributed by atoms with Gasteiger partial charge in [0.25, 0.3) is 0 Å². The minimum absolute atomic E-state index is 0.143. The van der Waals surface area contributed by atoms with Gasteiger partial charge in [-0.25, -0.2) is 0 Å². The molecular weight excluding hydrogens is 230 g/mol.